The van der Waals surface area contributed by atoms with Gasteiger partial charge in [-0.1, -0.05) is 146 Å². The summed E-state index contributed by atoms with van der Waals surface area (Å²) in [6.45, 7) is 23.2. The van der Waals surface area contributed by atoms with E-state index in [1.54, 1.807) is 0 Å². The lowest BCUT2D eigenvalue weighted by atomic mass is 10.0. The van der Waals surface area contributed by atoms with Gasteiger partial charge in [0.15, 0.2) is 0 Å². The van der Waals surface area contributed by atoms with Crippen LogP contribution in [0.4, 0.5) is 0 Å². The highest BCUT2D eigenvalue weighted by Gasteiger charge is 2.41. The molecule has 0 spiro atoms. The predicted molar refractivity (Wildman–Crippen MR) is 249 cm³/mol. The first kappa shape index (κ1) is 46.7. The molecule has 1 N–H and O–H groups in total. The van der Waals surface area contributed by atoms with Gasteiger partial charge in [-0.15, -0.1) is 11.1 Å². The molecule has 0 saturated carbocycles. The Balaban J connectivity index is 1.54. The Morgan fingerprint density at radius 1 is 0.533 bits per heavy atom. The number of phenolic OH excluding ortho intramolecular Hbond substituents is 1. The Kier molecular flexibility index (Phi) is 17.4. The quantitative estimate of drug-likeness (QED) is 0.159. The van der Waals surface area contributed by atoms with Crippen molar-refractivity contribution >= 4 is 16.1 Å². The predicted octanol–water partition coefficient (Wildman–Crippen LogP) is 11.2. The van der Waals surface area contributed by atoms with E-state index in [1.165, 1.54) is 0 Å². The first-order chi connectivity index (χ1) is 28.8. The summed E-state index contributed by atoms with van der Waals surface area (Å²) in [6.07, 6.45) is -0.637. The molecule has 1 aliphatic rings. The summed E-state index contributed by atoms with van der Waals surface area (Å²) in [4.78, 5) is 0. The topological polar surface area (TPSA) is 66.4 Å². The Morgan fingerprint density at radius 2 is 1.05 bits per heavy atom. The number of fused-ring (bicyclic) bond motifs is 2. The van der Waals surface area contributed by atoms with Gasteiger partial charge in [0.1, 0.15) is 34.1 Å². The number of hydrogen-bond acceptors (Lipinski definition) is 6. The Labute approximate surface area is 362 Å². The largest absolute Gasteiger partial charge is 0.507 e. The third-order valence-corrected chi connectivity index (χ3v) is 18.1. The monoisotopic (exact) mass is 840 g/mol. The maximum atomic E-state index is 11.7. The molecule has 1 heterocycles. The van der Waals surface area contributed by atoms with E-state index in [0.717, 1.165) is 33.4 Å². The summed E-state index contributed by atoms with van der Waals surface area (Å²) in [7, 11) is -3.61. The molecule has 0 fully saturated rings. The van der Waals surface area contributed by atoms with E-state index in [1.807, 2.05) is 72.8 Å². The van der Waals surface area contributed by atoms with Crippen molar-refractivity contribution in [1.29, 1.82) is 0 Å². The third-order valence-electron chi connectivity index (χ3n) is 11.0. The second kappa shape index (κ2) is 22.4. The summed E-state index contributed by atoms with van der Waals surface area (Å²) in [5.74, 6) is 14.1. The fraction of sp³-hybridized carbons (Fsp3) is 0.423. The van der Waals surface area contributed by atoms with Crippen LogP contribution in [0.15, 0.2) is 91.0 Å². The van der Waals surface area contributed by atoms with E-state index in [9.17, 15) is 5.11 Å². The van der Waals surface area contributed by atoms with Gasteiger partial charge >= 0.3 is 0 Å². The zero-order valence-electron chi connectivity index (χ0n) is 37.2. The molecule has 6 nitrogen and oxygen atoms in total. The standard InChI is InChI=1S/C52H64O6Si2/c1-39(2)60(40(3)4,41(5)6)31-24-42-20-22-44(25-30-59(7,8)9)47(32-42)23-21-43-33-48-35-55-37-50(45-16-12-10-13-17-45)57-28-26-54-27-29-58-51(46-18-14-11-15-19-46)38-56-36-49(34-43)52(48)53/h10-20,22,32-34,39-41,50-51,53H,26-29,35-38H2,1-9H3/t50-,51-/m1/s1. The number of aromatic hydroxyl groups is 1. The molecule has 0 aliphatic carbocycles. The van der Waals surface area contributed by atoms with E-state index in [2.05, 4.69) is 114 Å². The number of benzene rings is 4. The highest BCUT2D eigenvalue weighted by Crippen LogP contribution is 2.41. The molecule has 0 aromatic heterocycles. The van der Waals surface area contributed by atoms with E-state index < -0.39 is 16.1 Å². The zero-order valence-corrected chi connectivity index (χ0v) is 39.2. The van der Waals surface area contributed by atoms with E-state index in [0.29, 0.717) is 54.2 Å². The summed E-state index contributed by atoms with van der Waals surface area (Å²) in [6, 6.07) is 30.1. The van der Waals surface area contributed by atoms with Gasteiger partial charge in [-0.05, 0) is 58.1 Å². The fourth-order valence-corrected chi connectivity index (χ4v) is 13.6. The average molecular weight is 841 g/mol. The summed E-state index contributed by atoms with van der Waals surface area (Å²) in [5.41, 5.74) is 15.6. The van der Waals surface area contributed by atoms with Gasteiger partial charge in [0.25, 0.3) is 0 Å². The molecule has 4 aromatic carbocycles. The smallest absolute Gasteiger partial charge is 0.146 e. The van der Waals surface area contributed by atoms with Crippen LogP contribution in [0.3, 0.4) is 0 Å². The molecule has 0 unspecified atom stereocenters. The molecule has 8 heteroatoms. The SMILES string of the molecule is CC(C)[Si](C#Cc1ccc(C#C[Si](C)(C)C)c(C#Cc2cc3c(O)c(c2)COC[C@H](c2ccccc2)OCCOCCO[C@@H](c2ccccc2)COC3)c1)(C(C)C)C(C)C. The number of ether oxygens (including phenoxy) is 5. The van der Waals surface area contributed by atoms with Crippen molar-refractivity contribution in [2.24, 2.45) is 0 Å². The number of phenols is 1. The van der Waals surface area contributed by atoms with E-state index >= 15 is 0 Å². The van der Waals surface area contributed by atoms with Crippen LogP contribution in [0, 0.1) is 34.8 Å². The van der Waals surface area contributed by atoms with Crippen LogP contribution in [0.25, 0.3) is 0 Å². The van der Waals surface area contributed by atoms with Gasteiger partial charge in [-0.2, -0.15) is 0 Å². The Bertz CT molecular complexity index is 2080. The normalized spacial score (nSPS) is 17.3. The Hall–Kier alpha value is -4.41. The maximum Gasteiger partial charge on any atom is 0.146 e. The van der Waals surface area contributed by atoms with Gasteiger partial charge < -0.3 is 28.8 Å². The van der Waals surface area contributed by atoms with Gasteiger partial charge in [0, 0.05) is 33.4 Å². The van der Waals surface area contributed by atoms with Gasteiger partial charge in [0.05, 0.1) is 52.9 Å². The molecule has 2 atom stereocenters. The first-order valence-corrected chi connectivity index (χ1v) is 27.1. The summed E-state index contributed by atoms with van der Waals surface area (Å²) >= 11 is 0. The molecule has 4 aromatic rings. The molecule has 5 rings (SSSR count). The van der Waals surface area contributed by atoms with Crippen molar-refractivity contribution in [3.8, 4) is 40.5 Å². The minimum absolute atomic E-state index is 0.122. The summed E-state index contributed by atoms with van der Waals surface area (Å²) in [5, 5.41) is 11.7. The van der Waals surface area contributed by atoms with Crippen LogP contribution in [-0.2, 0) is 36.9 Å². The second-order valence-electron chi connectivity index (χ2n) is 17.5. The van der Waals surface area contributed by atoms with Crippen LogP contribution in [0.1, 0.15) is 98.3 Å². The lowest BCUT2D eigenvalue weighted by Crippen LogP contribution is -2.43. The van der Waals surface area contributed by atoms with Crippen molar-refractivity contribution in [2.75, 3.05) is 39.6 Å². The molecule has 316 valence electrons. The van der Waals surface area contributed by atoms with Crippen LogP contribution >= 0.6 is 0 Å². The number of rotatable bonds is 5. The minimum Gasteiger partial charge on any atom is -0.507 e. The minimum atomic E-state index is -1.94. The van der Waals surface area contributed by atoms with Crippen molar-refractivity contribution in [3.63, 3.8) is 0 Å². The molecule has 1 aliphatic heterocycles. The molecular weight excluding hydrogens is 777 g/mol. The van der Waals surface area contributed by atoms with Crippen LogP contribution < -0.4 is 0 Å². The maximum absolute atomic E-state index is 11.7. The van der Waals surface area contributed by atoms with Gasteiger partial charge in [-0.25, -0.2) is 0 Å². The van der Waals surface area contributed by atoms with E-state index in [4.69, 9.17) is 23.7 Å². The van der Waals surface area contributed by atoms with E-state index in [-0.39, 0.29) is 44.4 Å². The number of hydrogen-bond donors (Lipinski definition) is 1. The molecule has 2 bridgehead atoms. The average Bonchev–Trinajstić information content (AvgIpc) is 3.21. The van der Waals surface area contributed by atoms with Crippen molar-refractivity contribution in [2.45, 2.75) is 103 Å². The lowest BCUT2D eigenvalue weighted by molar-refractivity contribution is -0.0646. The molecular formula is C52H64O6Si2. The Morgan fingerprint density at radius 3 is 1.53 bits per heavy atom. The van der Waals surface area contributed by atoms with Crippen LogP contribution in [0.5, 0.6) is 5.75 Å². The van der Waals surface area contributed by atoms with Crippen molar-refractivity contribution in [3.05, 3.63) is 136 Å². The fourth-order valence-electron chi connectivity index (χ4n) is 7.86. The third kappa shape index (κ3) is 13.3. The molecule has 0 radical (unpaired) electrons. The second-order valence-corrected chi connectivity index (χ2v) is 27.8. The van der Waals surface area contributed by atoms with Crippen molar-refractivity contribution < 1.29 is 28.8 Å². The van der Waals surface area contributed by atoms with Gasteiger partial charge in [-0.3, -0.25) is 0 Å². The van der Waals surface area contributed by atoms with Crippen LogP contribution in [-0.4, -0.2) is 60.9 Å². The molecule has 60 heavy (non-hydrogen) atoms. The summed E-state index contributed by atoms with van der Waals surface area (Å²) < 4.78 is 31.0. The highest BCUT2D eigenvalue weighted by atomic mass is 28.3. The van der Waals surface area contributed by atoms with Crippen LogP contribution in [0.2, 0.25) is 36.3 Å². The zero-order chi connectivity index (χ0) is 43.1. The molecule has 0 amide bonds. The lowest BCUT2D eigenvalue weighted by Gasteiger charge is -2.38. The highest BCUT2D eigenvalue weighted by molar-refractivity contribution is 6.90. The van der Waals surface area contributed by atoms with Gasteiger partial charge in [0.2, 0.25) is 0 Å². The molecule has 0 saturated heterocycles. The first-order valence-electron chi connectivity index (χ1n) is 21.4. The van der Waals surface area contributed by atoms with Crippen molar-refractivity contribution in [1.82, 2.24) is 0 Å².